The van der Waals surface area contributed by atoms with Crippen LogP contribution in [0, 0.1) is 13.8 Å². The molecular formula is C22H22N2O4. The Kier molecular flexibility index (Phi) is 4.34. The molecule has 1 aliphatic heterocycles. The van der Waals surface area contributed by atoms with E-state index in [1.165, 1.54) is 4.90 Å². The standard InChI is InChI=1S/C22H22N2O4/c1-4-16-12-23(21(25)20-11-15-7-5-6-8-19(15)28-20)17-9-13(2)14(3)10-18(17)24(16)22(26)27/h5-11,16H,4,12H2,1-3H3,(H,26,27). The van der Waals surface area contributed by atoms with Crippen LogP contribution in [0.1, 0.15) is 35.0 Å². The van der Waals surface area contributed by atoms with Gasteiger partial charge in [0.2, 0.25) is 0 Å². The fourth-order valence-corrected chi connectivity index (χ4v) is 3.77. The monoisotopic (exact) mass is 378 g/mol. The van der Waals surface area contributed by atoms with E-state index >= 15 is 0 Å². The Labute approximate surface area is 163 Å². The molecule has 0 radical (unpaired) electrons. The number of rotatable bonds is 2. The molecule has 0 saturated carbocycles. The zero-order chi connectivity index (χ0) is 20.0. The minimum Gasteiger partial charge on any atom is -0.465 e. The highest BCUT2D eigenvalue weighted by Gasteiger charge is 2.37. The summed E-state index contributed by atoms with van der Waals surface area (Å²) >= 11 is 0. The quantitative estimate of drug-likeness (QED) is 0.683. The first kappa shape index (κ1) is 18.1. The maximum atomic E-state index is 13.3. The van der Waals surface area contributed by atoms with E-state index in [0.717, 1.165) is 16.5 Å². The molecule has 1 aromatic heterocycles. The van der Waals surface area contributed by atoms with Gasteiger partial charge in [0.25, 0.3) is 5.91 Å². The molecule has 6 nitrogen and oxygen atoms in total. The smallest absolute Gasteiger partial charge is 0.412 e. The van der Waals surface area contributed by atoms with Crippen LogP contribution >= 0.6 is 0 Å². The third-order valence-electron chi connectivity index (χ3n) is 5.46. The molecule has 0 fully saturated rings. The number of carboxylic acid groups (broad SMARTS) is 1. The first-order valence-corrected chi connectivity index (χ1v) is 9.34. The molecule has 2 heterocycles. The summed E-state index contributed by atoms with van der Waals surface area (Å²) in [5.74, 6) is -0.00630. The topological polar surface area (TPSA) is 74.0 Å². The molecule has 28 heavy (non-hydrogen) atoms. The minimum absolute atomic E-state index is 0.254. The van der Waals surface area contributed by atoms with E-state index in [1.807, 2.05) is 57.2 Å². The normalized spacial score (nSPS) is 16.3. The van der Waals surface area contributed by atoms with E-state index in [4.69, 9.17) is 4.42 Å². The fourth-order valence-electron chi connectivity index (χ4n) is 3.77. The Hall–Kier alpha value is -3.28. The highest BCUT2D eigenvalue weighted by atomic mass is 16.4. The highest BCUT2D eigenvalue weighted by Crippen LogP contribution is 2.39. The van der Waals surface area contributed by atoms with Gasteiger partial charge in [-0.25, -0.2) is 4.79 Å². The molecule has 0 bridgehead atoms. The van der Waals surface area contributed by atoms with Crippen LogP contribution in [0.5, 0.6) is 0 Å². The van der Waals surface area contributed by atoms with E-state index in [2.05, 4.69) is 0 Å². The Morgan fingerprint density at radius 1 is 1.11 bits per heavy atom. The molecule has 0 saturated heterocycles. The molecule has 1 atom stereocenters. The van der Waals surface area contributed by atoms with Crippen LogP contribution in [0.3, 0.4) is 0 Å². The van der Waals surface area contributed by atoms with Crippen molar-refractivity contribution in [1.29, 1.82) is 0 Å². The first-order chi connectivity index (χ1) is 13.4. The summed E-state index contributed by atoms with van der Waals surface area (Å²) in [7, 11) is 0. The van der Waals surface area contributed by atoms with Gasteiger partial charge in [-0.1, -0.05) is 25.1 Å². The van der Waals surface area contributed by atoms with E-state index in [0.29, 0.717) is 23.4 Å². The van der Waals surface area contributed by atoms with Crippen molar-refractivity contribution in [3.8, 4) is 0 Å². The van der Waals surface area contributed by atoms with Crippen LogP contribution in [-0.2, 0) is 0 Å². The van der Waals surface area contributed by atoms with Crippen molar-refractivity contribution >= 4 is 34.3 Å². The Balaban J connectivity index is 1.84. The predicted octanol–water partition coefficient (Wildman–Crippen LogP) is 4.97. The average molecular weight is 378 g/mol. The second kappa shape index (κ2) is 6.71. The van der Waals surface area contributed by atoms with Crippen molar-refractivity contribution in [3.63, 3.8) is 0 Å². The number of nitrogens with zero attached hydrogens (tertiary/aromatic N) is 2. The summed E-state index contributed by atoms with van der Waals surface area (Å²) in [4.78, 5) is 28.3. The number of aryl methyl sites for hydroxylation is 2. The van der Waals surface area contributed by atoms with Gasteiger partial charge >= 0.3 is 6.09 Å². The van der Waals surface area contributed by atoms with Crippen LogP contribution < -0.4 is 9.80 Å². The summed E-state index contributed by atoms with van der Waals surface area (Å²) < 4.78 is 5.77. The zero-order valence-electron chi connectivity index (χ0n) is 16.1. The second-order valence-electron chi connectivity index (χ2n) is 7.20. The van der Waals surface area contributed by atoms with Crippen LogP contribution in [0.2, 0.25) is 0 Å². The highest BCUT2D eigenvalue weighted by molar-refractivity contribution is 6.10. The van der Waals surface area contributed by atoms with Crippen molar-refractivity contribution < 1.29 is 19.1 Å². The van der Waals surface area contributed by atoms with Gasteiger partial charge in [-0.15, -0.1) is 0 Å². The Morgan fingerprint density at radius 3 is 2.43 bits per heavy atom. The third-order valence-corrected chi connectivity index (χ3v) is 5.46. The van der Waals surface area contributed by atoms with Gasteiger partial charge in [-0.05, 0) is 55.7 Å². The molecular weight excluding hydrogens is 356 g/mol. The lowest BCUT2D eigenvalue weighted by molar-refractivity contribution is 0.0958. The molecule has 3 aromatic rings. The van der Waals surface area contributed by atoms with Gasteiger partial charge in [0.15, 0.2) is 5.76 Å². The maximum absolute atomic E-state index is 13.3. The van der Waals surface area contributed by atoms with Crippen molar-refractivity contribution in [1.82, 2.24) is 0 Å². The number of carbonyl (C=O) groups is 2. The molecule has 4 rings (SSSR count). The number of hydrogen-bond donors (Lipinski definition) is 1. The number of carbonyl (C=O) groups excluding carboxylic acids is 1. The van der Waals surface area contributed by atoms with E-state index in [9.17, 15) is 14.7 Å². The zero-order valence-corrected chi connectivity index (χ0v) is 16.1. The number of furan rings is 1. The predicted molar refractivity (Wildman–Crippen MR) is 108 cm³/mol. The van der Waals surface area contributed by atoms with Crippen molar-refractivity contribution in [2.45, 2.75) is 33.2 Å². The van der Waals surface area contributed by atoms with Gasteiger partial charge in [0.1, 0.15) is 5.58 Å². The second-order valence-corrected chi connectivity index (χ2v) is 7.20. The van der Waals surface area contributed by atoms with Gasteiger partial charge in [0, 0.05) is 11.9 Å². The van der Waals surface area contributed by atoms with Crippen molar-refractivity contribution in [3.05, 3.63) is 59.4 Å². The number of anilines is 2. The maximum Gasteiger partial charge on any atom is 0.412 e. The Bertz CT molecular complexity index is 1050. The van der Waals surface area contributed by atoms with Gasteiger partial charge < -0.3 is 14.4 Å². The molecule has 2 amide bonds. The summed E-state index contributed by atoms with van der Waals surface area (Å²) in [6.07, 6.45) is -0.407. The lowest BCUT2D eigenvalue weighted by Gasteiger charge is -2.41. The number of hydrogen-bond acceptors (Lipinski definition) is 3. The van der Waals surface area contributed by atoms with Crippen LogP contribution in [0.25, 0.3) is 11.0 Å². The fraction of sp³-hybridized carbons (Fsp3) is 0.273. The molecule has 0 spiro atoms. The summed E-state index contributed by atoms with van der Waals surface area (Å²) in [6, 6.07) is 12.6. The van der Waals surface area contributed by atoms with E-state index in [1.54, 1.807) is 11.0 Å². The van der Waals surface area contributed by atoms with Gasteiger partial charge in [-0.3, -0.25) is 9.69 Å². The molecule has 144 valence electrons. The minimum atomic E-state index is -1.01. The molecule has 6 heteroatoms. The number of benzene rings is 2. The summed E-state index contributed by atoms with van der Waals surface area (Å²) in [6.45, 7) is 6.11. The van der Waals surface area contributed by atoms with E-state index < -0.39 is 6.09 Å². The summed E-state index contributed by atoms with van der Waals surface area (Å²) in [5.41, 5.74) is 3.78. The van der Waals surface area contributed by atoms with Crippen molar-refractivity contribution in [2.24, 2.45) is 0 Å². The van der Waals surface area contributed by atoms with Gasteiger partial charge in [-0.2, -0.15) is 0 Å². The Morgan fingerprint density at radius 2 is 1.79 bits per heavy atom. The van der Waals surface area contributed by atoms with Crippen LogP contribution in [-0.4, -0.2) is 29.7 Å². The van der Waals surface area contributed by atoms with Gasteiger partial charge in [0.05, 0.1) is 17.4 Å². The third kappa shape index (κ3) is 2.81. The number of amides is 2. The largest absolute Gasteiger partial charge is 0.465 e. The molecule has 1 unspecified atom stereocenters. The molecule has 1 aliphatic rings. The lowest BCUT2D eigenvalue weighted by Crippen LogP contribution is -2.52. The summed E-state index contributed by atoms with van der Waals surface area (Å²) in [5, 5.41) is 10.7. The average Bonchev–Trinajstić information content (AvgIpc) is 3.11. The molecule has 1 N–H and O–H groups in total. The number of para-hydroxylation sites is 1. The molecule has 2 aromatic carbocycles. The van der Waals surface area contributed by atoms with Crippen LogP contribution in [0.4, 0.5) is 16.2 Å². The van der Waals surface area contributed by atoms with Crippen molar-refractivity contribution in [2.75, 3.05) is 16.3 Å². The van der Waals surface area contributed by atoms with Crippen LogP contribution in [0.15, 0.2) is 46.9 Å². The number of fused-ring (bicyclic) bond motifs is 2. The molecule has 0 aliphatic carbocycles. The SMILES string of the molecule is CCC1CN(C(=O)c2cc3ccccc3o2)c2cc(C)c(C)cc2N1C(=O)O. The first-order valence-electron chi connectivity index (χ1n) is 9.34. The van der Waals surface area contributed by atoms with E-state index in [-0.39, 0.29) is 24.3 Å². The lowest BCUT2D eigenvalue weighted by atomic mass is 10.00.